The zero-order chi connectivity index (χ0) is 14.7. The number of benzene rings is 2. The molecule has 0 bridgehead atoms. The van der Waals surface area contributed by atoms with Crippen LogP contribution in [0.5, 0.6) is 0 Å². The summed E-state index contributed by atoms with van der Waals surface area (Å²) in [4.78, 5) is 11.4. The van der Waals surface area contributed by atoms with E-state index in [2.05, 4.69) is 21.2 Å². The van der Waals surface area contributed by atoms with Gasteiger partial charge in [-0.1, -0.05) is 17.7 Å². The molecule has 1 atom stereocenters. The Labute approximate surface area is 128 Å². The van der Waals surface area contributed by atoms with Crippen molar-refractivity contribution in [3.63, 3.8) is 0 Å². The summed E-state index contributed by atoms with van der Waals surface area (Å²) in [5.41, 5.74) is 1.02. The second-order valence-electron chi connectivity index (χ2n) is 4.10. The molecule has 0 saturated heterocycles. The Morgan fingerprint density at radius 2 is 1.90 bits per heavy atom. The molecular formula is C14H10BrClFNO2. The van der Waals surface area contributed by atoms with Crippen LogP contribution in [0.3, 0.4) is 0 Å². The zero-order valence-electron chi connectivity index (χ0n) is 10.1. The molecule has 0 aliphatic carbocycles. The number of carboxylic acid groups (broad SMARTS) is 1. The molecule has 0 spiro atoms. The first kappa shape index (κ1) is 14.8. The van der Waals surface area contributed by atoms with Gasteiger partial charge in [0.1, 0.15) is 5.82 Å². The Morgan fingerprint density at radius 1 is 1.25 bits per heavy atom. The lowest BCUT2D eigenvalue weighted by molar-refractivity contribution is -0.138. The van der Waals surface area contributed by atoms with Crippen molar-refractivity contribution in [2.75, 3.05) is 5.32 Å². The van der Waals surface area contributed by atoms with Gasteiger partial charge in [0.05, 0.1) is 5.02 Å². The monoisotopic (exact) mass is 357 g/mol. The van der Waals surface area contributed by atoms with Crippen LogP contribution >= 0.6 is 27.5 Å². The first-order chi connectivity index (χ1) is 9.47. The van der Waals surface area contributed by atoms with Gasteiger partial charge in [0.25, 0.3) is 0 Å². The quantitative estimate of drug-likeness (QED) is 0.847. The maximum atomic E-state index is 12.8. The fourth-order valence-corrected chi connectivity index (χ4v) is 2.13. The SMILES string of the molecule is O=C(O)C(Nc1ccc(F)cc1)c1ccc(Br)c(Cl)c1. The number of halogens is 3. The number of hydrogen-bond donors (Lipinski definition) is 2. The molecule has 0 heterocycles. The average Bonchev–Trinajstić information content (AvgIpc) is 2.41. The van der Waals surface area contributed by atoms with Crippen LogP contribution < -0.4 is 5.32 Å². The maximum Gasteiger partial charge on any atom is 0.330 e. The summed E-state index contributed by atoms with van der Waals surface area (Å²) in [7, 11) is 0. The molecular weight excluding hydrogens is 349 g/mol. The van der Waals surface area contributed by atoms with Gasteiger partial charge < -0.3 is 10.4 Å². The smallest absolute Gasteiger partial charge is 0.330 e. The van der Waals surface area contributed by atoms with Crippen LogP contribution in [0.1, 0.15) is 11.6 Å². The van der Waals surface area contributed by atoms with E-state index in [0.29, 0.717) is 20.7 Å². The van der Waals surface area contributed by atoms with E-state index in [9.17, 15) is 14.3 Å². The Kier molecular flexibility index (Phi) is 4.62. The van der Waals surface area contributed by atoms with E-state index in [4.69, 9.17) is 11.6 Å². The molecule has 0 radical (unpaired) electrons. The standard InChI is InChI=1S/C14H10BrClFNO2/c15-11-6-1-8(7-12(11)16)13(14(19)20)18-10-4-2-9(17)3-5-10/h1-7,13,18H,(H,19,20). The Morgan fingerprint density at radius 3 is 2.45 bits per heavy atom. The number of nitrogens with one attached hydrogen (secondary N) is 1. The summed E-state index contributed by atoms with van der Waals surface area (Å²) < 4.78 is 13.5. The highest BCUT2D eigenvalue weighted by atomic mass is 79.9. The van der Waals surface area contributed by atoms with Gasteiger partial charge in [-0.15, -0.1) is 0 Å². The molecule has 2 N–H and O–H groups in total. The normalized spacial score (nSPS) is 11.9. The average molecular weight is 359 g/mol. The Balaban J connectivity index is 2.29. The molecule has 2 aromatic carbocycles. The third-order valence-corrected chi connectivity index (χ3v) is 3.91. The van der Waals surface area contributed by atoms with E-state index >= 15 is 0 Å². The van der Waals surface area contributed by atoms with E-state index in [0.717, 1.165) is 0 Å². The van der Waals surface area contributed by atoms with E-state index in [1.165, 1.54) is 24.3 Å². The third kappa shape index (κ3) is 3.49. The summed E-state index contributed by atoms with van der Waals surface area (Å²) in [5.74, 6) is -1.43. The molecule has 2 rings (SSSR count). The van der Waals surface area contributed by atoms with Crippen LogP contribution in [0.25, 0.3) is 0 Å². The summed E-state index contributed by atoms with van der Waals surface area (Å²) in [6.45, 7) is 0. The molecule has 0 fully saturated rings. The lowest BCUT2D eigenvalue weighted by Crippen LogP contribution is -2.20. The highest BCUT2D eigenvalue weighted by Crippen LogP contribution is 2.28. The van der Waals surface area contributed by atoms with Gasteiger partial charge in [0.15, 0.2) is 6.04 Å². The van der Waals surface area contributed by atoms with Crippen molar-refractivity contribution >= 4 is 39.2 Å². The number of carbonyl (C=O) groups is 1. The van der Waals surface area contributed by atoms with Crippen LogP contribution in [-0.4, -0.2) is 11.1 Å². The van der Waals surface area contributed by atoms with Crippen molar-refractivity contribution in [3.05, 3.63) is 63.3 Å². The van der Waals surface area contributed by atoms with E-state index in [-0.39, 0.29) is 5.82 Å². The zero-order valence-corrected chi connectivity index (χ0v) is 12.5. The molecule has 3 nitrogen and oxygen atoms in total. The second kappa shape index (κ2) is 6.24. The van der Waals surface area contributed by atoms with Crippen molar-refractivity contribution < 1.29 is 14.3 Å². The van der Waals surface area contributed by atoms with E-state index in [1.54, 1.807) is 18.2 Å². The molecule has 0 aliphatic rings. The minimum absolute atomic E-state index is 0.380. The van der Waals surface area contributed by atoms with Crippen molar-refractivity contribution in [2.45, 2.75) is 6.04 Å². The maximum absolute atomic E-state index is 12.8. The van der Waals surface area contributed by atoms with Crippen LogP contribution in [0.2, 0.25) is 5.02 Å². The van der Waals surface area contributed by atoms with Crippen molar-refractivity contribution in [3.8, 4) is 0 Å². The minimum atomic E-state index is -1.05. The number of aliphatic carboxylic acids is 1. The van der Waals surface area contributed by atoms with Gasteiger partial charge in [-0.3, -0.25) is 0 Å². The predicted molar refractivity (Wildman–Crippen MR) is 79.6 cm³/mol. The lowest BCUT2D eigenvalue weighted by atomic mass is 10.1. The molecule has 0 aliphatic heterocycles. The number of hydrogen-bond acceptors (Lipinski definition) is 2. The molecule has 2 aromatic rings. The topological polar surface area (TPSA) is 49.3 Å². The van der Waals surface area contributed by atoms with Gasteiger partial charge in [-0.2, -0.15) is 0 Å². The highest BCUT2D eigenvalue weighted by molar-refractivity contribution is 9.10. The lowest BCUT2D eigenvalue weighted by Gasteiger charge is -2.16. The molecule has 104 valence electrons. The van der Waals surface area contributed by atoms with Crippen molar-refractivity contribution in [1.29, 1.82) is 0 Å². The predicted octanol–water partition coefficient (Wildman–Crippen LogP) is 4.48. The molecule has 20 heavy (non-hydrogen) atoms. The van der Waals surface area contributed by atoms with Gasteiger partial charge in [0.2, 0.25) is 0 Å². The van der Waals surface area contributed by atoms with Crippen LogP contribution in [-0.2, 0) is 4.79 Å². The van der Waals surface area contributed by atoms with Crippen molar-refractivity contribution in [2.24, 2.45) is 0 Å². The summed E-state index contributed by atoms with van der Waals surface area (Å²) in [6.07, 6.45) is 0. The van der Waals surface area contributed by atoms with Gasteiger partial charge in [-0.25, -0.2) is 9.18 Å². The molecule has 0 saturated carbocycles. The fourth-order valence-electron chi connectivity index (χ4n) is 1.69. The summed E-state index contributed by atoms with van der Waals surface area (Å²) >= 11 is 9.22. The second-order valence-corrected chi connectivity index (χ2v) is 5.36. The summed E-state index contributed by atoms with van der Waals surface area (Å²) in [5, 5.41) is 12.6. The first-order valence-corrected chi connectivity index (χ1v) is 6.84. The third-order valence-electron chi connectivity index (χ3n) is 2.68. The number of anilines is 1. The number of carboxylic acids is 1. The molecule has 6 heteroatoms. The van der Waals surface area contributed by atoms with E-state index in [1.807, 2.05) is 0 Å². The summed E-state index contributed by atoms with van der Waals surface area (Å²) in [6, 6.07) is 9.42. The van der Waals surface area contributed by atoms with Crippen LogP contribution in [0, 0.1) is 5.82 Å². The van der Waals surface area contributed by atoms with Gasteiger partial charge in [-0.05, 0) is 57.9 Å². The van der Waals surface area contributed by atoms with Crippen LogP contribution in [0.4, 0.5) is 10.1 Å². The van der Waals surface area contributed by atoms with Crippen molar-refractivity contribution in [1.82, 2.24) is 0 Å². The highest BCUT2D eigenvalue weighted by Gasteiger charge is 2.20. The van der Waals surface area contributed by atoms with Gasteiger partial charge >= 0.3 is 5.97 Å². The first-order valence-electron chi connectivity index (χ1n) is 5.67. The van der Waals surface area contributed by atoms with Crippen LogP contribution in [0.15, 0.2) is 46.9 Å². The Hall–Kier alpha value is -1.59. The largest absolute Gasteiger partial charge is 0.479 e. The molecule has 0 amide bonds. The minimum Gasteiger partial charge on any atom is -0.479 e. The van der Waals surface area contributed by atoms with E-state index < -0.39 is 12.0 Å². The molecule has 1 unspecified atom stereocenters. The van der Waals surface area contributed by atoms with Gasteiger partial charge in [0, 0.05) is 10.2 Å². The number of rotatable bonds is 4. The fraction of sp³-hybridized carbons (Fsp3) is 0.0714. The molecule has 0 aromatic heterocycles. The Bertz CT molecular complexity index is 634.